The van der Waals surface area contributed by atoms with Gasteiger partial charge in [-0.3, -0.25) is 24.3 Å². The average molecular weight is 551 g/mol. The number of carbonyl (C=O) groups excluding carboxylic acids is 1. The Morgan fingerprint density at radius 2 is 2.21 bits per heavy atom. The van der Waals surface area contributed by atoms with Crippen molar-refractivity contribution in [1.29, 1.82) is 5.26 Å². The number of carbonyl (C=O) groups is 1. The second-order valence-electron chi connectivity index (χ2n) is 8.07. The molecule has 1 N–H and O–H groups in total. The molecular formula is C25H22N6O5S2. The van der Waals surface area contributed by atoms with Crippen LogP contribution in [0.2, 0.25) is 0 Å². The first-order valence-corrected chi connectivity index (χ1v) is 13.1. The SMILES string of the molecule is C=CCn1c(=O)/c(=C\c2ccc(Sc3ncccn3)c([N+](=O)[O-])c2)s/c1=C(/C#N)C(=O)NC[C@H]1CCCO1. The van der Waals surface area contributed by atoms with Crippen molar-refractivity contribution < 1.29 is 14.5 Å². The zero-order valence-electron chi connectivity index (χ0n) is 20.0. The summed E-state index contributed by atoms with van der Waals surface area (Å²) in [5.41, 5.74) is -0.403. The molecule has 1 saturated heterocycles. The molecule has 11 nitrogen and oxygen atoms in total. The maximum Gasteiger partial charge on any atom is 0.283 e. The van der Waals surface area contributed by atoms with E-state index < -0.39 is 16.4 Å². The van der Waals surface area contributed by atoms with Crippen LogP contribution in [0.4, 0.5) is 5.69 Å². The van der Waals surface area contributed by atoms with Crippen molar-refractivity contribution in [3.63, 3.8) is 0 Å². The molecule has 13 heteroatoms. The van der Waals surface area contributed by atoms with E-state index in [0.29, 0.717) is 22.2 Å². The summed E-state index contributed by atoms with van der Waals surface area (Å²) in [5.74, 6) is -0.603. The molecule has 0 bridgehead atoms. The molecular weight excluding hydrogens is 528 g/mol. The fraction of sp³-hybridized carbons (Fsp3) is 0.240. The number of hydrogen-bond donors (Lipinski definition) is 1. The third kappa shape index (κ3) is 6.23. The number of nitro groups is 1. The number of nitrogens with one attached hydrogen (secondary N) is 1. The summed E-state index contributed by atoms with van der Waals surface area (Å²) in [6.07, 6.45) is 7.70. The van der Waals surface area contributed by atoms with Gasteiger partial charge in [0.25, 0.3) is 17.2 Å². The molecule has 0 saturated carbocycles. The number of ether oxygens (including phenoxy) is 1. The van der Waals surface area contributed by atoms with Crippen LogP contribution in [0.1, 0.15) is 18.4 Å². The first kappa shape index (κ1) is 26.9. The van der Waals surface area contributed by atoms with Crippen molar-refractivity contribution in [2.45, 2.75) is 35.5 Å². The Balaban J connectivity index is 1.74. The molecule has 1 aromatic carbocycles. The van der Waals surface area contributed by atoms with Crippen LogP contribution in [0.3, 0.4) is 0 Å². The van der Waals surface area contributed by atoms with Gasteiger partial charge in [0.15, 0.2) is 10.7 Å². The normalized spacial score (nSPS) is 16.1. The van der Waals surface area contributed by atoms with E-state index in [2.05, 4.69) is 21.9 Å². The van der Waals surface area contributed by atoms with Gasteiger partial charge in [-0.2, -0.15) is 5.26 Å². The number of rotatable bonds is 9. The van der Waals surface area contributed by atoms with Crippen molar-refractivity contribution >= 4 is 46.3 Å². The van der Waals surface area contributed by atoms with Crippen molar-refractivity contribution in [1.82, 2.24) is 19.9 Å². The largest absolute Gasteiger partial charge is 0.376 e. The highest BCUT2D eigenvalue weighted by molar-refractivity contribution is 7.99. The van der Waals surface area contributed by atoms with E-state index in [4.69, 9.17) is 4.74 Å². The Hall–Kier alpha value is -4.12. The Kier molecular flexibility index (Phi) is 8.80. The molecule has 1 aliphatic heterocycles. The van der Waals surface area contributed by atoms with Gasteiger partial charge in [0.1, 0.15) is 10.7 Å². The molecule has 4 rings (SSSR count). The maximum absolute atomic E-state index is 13.2. The lowest BCUT2D eigenvalue weighted by atomic mass is 10.2. The molecule has 1 fully saturated rings. The molecule has 0 unspecified atom stereocenters. The number of hydrogen-bond acceptors (Lipinski definition) is 10. The lowest BCUT2D eigenvalue weighted by Gasteiger charge is -2.10. The third-order valence-corrected chi connectivity index (χ3v) is 7.60. The highest BCUT2D eigenvalue weighted by atomic mass is 32.2. The quantitative estimate of drug-likeness (QED) is 0.182. The highest BCUT2D eigenvalue weighted by Crippen LogP contribution is 2.33. The van der Waals surface area contributed by atoms with Crippen LogP contribution in [0.5, 0.6) is 0 Å². The van der Waals surface area contributed by atoms with Gasteiger partial charge in [0.05, 0.1) is 20.5 Å². The Bertz CT molecular complexity index is 1590. The molecule has 0 radical (unpaired) electrons. The lowest BCUT2D eigenvalue weighted by molar-refractivity contribution is -0.387. The van der Waals surface area contributed by atoms with E-state index in [0.717, 1.165) is 35.9 Å². The average Bonchev–Trinajstić information content (AvgIpc) is 3.54. The van der Waals surface area contributed by atoms with Crippen LogP contribution < -0.4 is 20.1 Å². The van der Waals surface area contributed by atoms with Gasteiger partial charge in [0.2, 0.25) is 0 Å². The number of thiazole rings is 1. The van der Waals surface area contributed by atoms with E-state index in [-0.39, 0.29) is 39.6 Å². The fourth-order valence-electron chi connectivity index (χ4n) is 3.74. The Morgan fingerprint density at radius 1 is 1.42 bits per heavy atom. The van der Waals surface area contributed by atoms with Gasteiger partial charge in [-0.05, 0) is 48.4 Å². The van der Waals surface area contributed by atoms with E-state index in [9.17, 15) is 25.0 Å². The number of nitriles is 1. The minimum absolute atomic E-state index is 0.0789. The number of amides is 1. The summed E-state index contributed by atoms with van der Waals surface area (Å²) in [4.78, 5) is 45.8. The number of nitro benzene ring substituents is 1. The molecule has 1 aliphatic rings. The summed E-state index contributed by atoms with van der Waals surface area (Å²) in [5, 5.41) is 24.6. The molecule has 1 atom stereocenters. The molecule has 0 aliphatic carbocycles. The molecule has 1 amide bonds. The smallest absolute Gasteiger partial charge is 0.283 e. The first-order chi connectivity index (χ1) is 18.4. The maximum atomic E-state index is 13.2. The molecule has 38 heavy (non-hydrogen) atoms. The fourth-order valence-corrected chi connectivity index (χ4v) is 5.64. The van der Waals surface area contributed by atoms with Crippen molar-refractivity contribution in [3.8, 4) is 6.07 Å². The van der Waals surface area contributed by atoms with E-state index in [1.165, 1.54) is 22.8 Å². The number of aromatic nitrogens is 3. The summed E-state index contributed by atoms with van der Waals surface area (Å²) in [6, 6.07) is 8.11. The van der Waals surface area contributed by atoms with Crippen molar-refractivity contribution in [2.24, 2.45) is 0 Å². The van der Waals surface area contributed by atoms with Gasteiger partial charge < -0.3 is 10.1 Å². The zero-order chi connectivity index (χ0) is 27.1. The van der Waals surface area contributed by atoms with Crippen LogP contribution in [0.25, 0.3) is 11.6 Å². The minimum atomic E-state index is -0.603. The summed E-state index contributed by atoms with van der Waals surface area (Å²) in [6.45, 7) is 4.64. The van der Waals surface area contributed by atoms with Crippen LogP contribution in [0, 0.1) is 21.4 Å². The number of allylic oxidation sites excluding steroid dienone is 1. The topological polar surface area (TPSA) is 153 Å². The van der Waals surface area contributed by atoms with Gasteiger partial charge in [-0.15, -0.1) is 17.9 Å². The highest BCUT2D eigenvalue weighted by Gasteiger charge is 2.20. The predicted octanol–water partition coefficient (Wildman–Crippen LogP) is 1.74. The Morgan fingerprint density at radius 3 is 2.87 bits per heavy atom. The van der Waals surface area contributed by atoms with Gasteiger partial charge >= 0.3 is 0 Å². The van der Waals surface area contributed by atoms with Crippen LogP contribution in [-0.4, -0.2) is 44.6 Å². The number of nitrogens with zero attached hydrogens (tertiary/aromatic N) is 5. The Labute approximate surface area is 225 Å². The molecule has 194 valence electrons. The standard InChI is InChI=1S/C25H22N6O5S2/c1-2-10-30-23(33)21(37-24(30)18(14-26)22(32)29-15-17-5-3-11-36-17)13-16-6-7-20(19(12-16)31(34)35)38-25-27-8-4-9-28-25/h2,4,6-9,12-13,17H,1,3,5,10-11,15H2,(H,29,32)/b21-13+,24-18-/t17-/m1/s1. The molecule has 3 aromatic rings. The van der Waals surface area contributed by atoms with Crippen LogP contribution in [-0.2, 0) is 16.1 Å². The second kappa shape index (κ2) is 12.4. The molecule has 3 heterocycles. The van der Waals surface area contributed by atoms with Crippen molar-refractivity contribution in [2.75, 3.05) is 13.2 Å². The van der Waals surface area contributed by atoms with Gasteiger partial charge in [0, 0.05) is 38.2 Å². The lowest BCUT2D eigenvalue weighted by Crippen LogP contribution is -2.36. The second-order valence-corrected chi connectivity index (χ2v) is 10.1. The molecule has 0 spiro atoms. The molecule has 2 aromatic heterocycles. The summed E-state index contributed by atoms with van der Waals surface area (Å²) < 4.78 is 7.19. The minimum Gasteiger partial charge on any atom is -0.376 e. The summed E-state index contributed by atoms with van der Waals surface area (Å²) >= 11 is 2.01. The summed E-state index contributed by atoms with van der Waals surface area (Å²) in [7, 11) is 0. The zero-order valence-corrected chi connectivity index (χ0v) is 21.7. The predicted molar refractivity (Wildman–Crippen MR) is 142 cm³/mol. The monoisotopic (exact) mass is 550 g/mol. The van der Waals surface area contributed by atoms with Crippen molar-refractivity contribution in [3.05, 3.63) is 84.5 Å². The van der Waals surface area contributed by atoms with Gasteiger partial charge in [-0.25, -0.2) is 9.97 Å². The third-order valence-electron chi connectivity index (χ3n) is 5.51. The van der Waals surface area contributed by atoms with E-state index >= 15 is 0 Å². The van der Waals surface area contributed by atoms with Crippen LogP contribution in [0.15, 0.2) is 64.2 Å². The van der Waals surface area contributed by atoms with Gasteiger partial charge in [-0.1, -0.05) is 12.1 Å². The van der Waals surface area contributed by atoms with E-state index in [1.807, 2.05) is 6.07 Å². The first-order valence-electron chi connectivity index (χ1n) is 11.5. The van der Waals surface area contributed by atoms with E-state index in [1.54, 1.807) is 30.6 Å². The number of benzene rings is 1. The van der Waals surface area contributed by atoms with Crippen LogP contribution >= 0.6 is 23.1 Å².